The Morgan fingerprint density at radius 2 is 1.32 bits per heavy atom. The molecule has 2 aromatic carbocycles. The monoisotopic (exact) mass is 420 g/mol. The molecule has 0 bridgehead atoms. The van der Waals surface area contributed by atoms with Crippen molar-refractivity contribution in [3.63, 3.8) is 0 Å². The van der Waals surface area contributed by atoms with E-state index in [0.717, 1.165) is 13.1 Å². The number of hydrogen-bond acceptors (Lipinski definition) is 3. The minimum atomic E-state index is -0.707. The van der Waals surface area contributed by atoms with Gasteiger partial charge >= 0.3 is 148 Å². The number of nitrogens with zero attached hydrogens (tertiary/aromatic N) is 2. The first-order valence-corrected chi connectivity index (χ1v) is 13.2. The molecule has 0 aliphatic rings. The van der Waals surface area contributed by atoms with Gasteiger partial charge in [0.05, 0.1) is 0 Å². The van der Waals surface area contributed by atoms with E-state index in [4.69, 9.17) is 0 Å². The van der Waals surface area contributed by atoms with Crippen LogP contribution in [0.25, 0.3) is 0 Å². The number of rotatable bonds is 7. The third-order valence-electron chi connectivity index (χ3n) is 3.22. The van der Waals surface area contributed by atoms with Crippen molar-refractivity contribution in [3.8, 4) is 0 Å². The molecule has 0 aliphatic heterocycles. The maximum atomic E-state index is 2.31. The molecule has 2 radical (unpaired) electrons. The fourth-order valence-corrected chi connectivity index (χ4v) is 9.32. The van der Waals surface area contributed by atoms with Crippen molar-refractivity contribution in [1.29, 1.82) is 0 Å². The molecular formula is C18H24N2SSn. The SMILES string of the molecule is CN(C)Cc1cccc(CN(C)C)[c]1[Sn][S]c1ccccc1. The van der Waals surface area contributed by atoms with Gasteiger partial charge in [-0.3, -0.25) is 0 Å². The summed E-state index contributed by atoms with van der Waals surface area (Å²) in [6.07, 6.45) is 0. The van der Waals surface area contributed by atoms with E-state index in [0.29, 0.717) is 0 Å². The summed E-state index contributed by atoms with van der Waals surface area (Å²) in [6.45, 7) is 2.07. The maximum absolute atomic E-state index is 2.31. The van der Waals surface area contributed by atoms with E-state index in [1.54, 1.807) is 3.58 Å². The van der Waals surface area contributed by atoms with E-state index in [1.807, 2.05) is 0 Å². The molecule has 116 valence electrons. The van der Waals surface area contributed by atoms with Gasteiger partial charge in [-0.2, -0.15) is 0 Å². The molecule has 2 nitrogen and oxygen atoms in total. The van der Waals surface area contributed by atoms with Crippen LogP contribution in [-0.2, 0) is 13.1 Å². The topological polar surface area (TPSA) is 6.48 Å². The van der Waals surface area contributed by atoms with Crippen molar-refractivity contribution < 1.29 is 0 Å². The van der Waals surface area contributed by atoms with Crippen LogP contribution in [-0.4, -0.2) is 57.7 Å². The molecule has 0 unspecified atom stereocenters. The molecule has 0 saturated carbocycles. The molecule has 0 amide bonds. The Labute approximate surface area is 147 Å². The normalized spacial score (nSPS) is 11.4. The van der Waals surface area contributed by atoms with Gasteiger partial charge in [-0.15, -0.1) is 0 Å². The molecule has 0 atom stereocenters. The summed E-state index contributed by atoms with van der Waals surface area (Å²) in [5.74, 6) is 0. The van der Waals surface area contributed by atoms with Crippen LogP contribution in [0.2, 0.25) is 0 Å². The van der Waals surface area contributed by atoms with E-state index in [2.05, 4.69) is 95.5 Å². The zero-order valence-corrected chi connectivity index (χ0v) is 17.5. The standard InChI is InChI=1S/C12H19N2.C6H6S.Sn/c1-13(2)9-11-6-5-7-12(8-11)10-14(3)4;7-6-4-2-1-3-5-6;/h5-7H,9-10H2,1-4H3;1-5,7H;/q;;+1/p-1. The minimum absolute atomic E-state index is 0.707. The first-order chi connectivity index (χ1) is 10.6. The third-order valence-corrected chi connectivity index (χ3v) is 10.5. The van der Waals surface area contributed by atoms with E-state index < -0.39 is 19.8 Å². The number of benzene rings is 2. The van der Waals surface area contributed by atoms with Gasteiger partial charge in [0.1, 0.15) is 0 Å². The van der Waals surface area contributed by atoms with Crippen molar-refractivity contribution in [2.45, 2.75) is 18.0 Å². The van der Waals surface area contributed by atoms with Gasteiger partial charge < -0.3 is 0 Å². The van der Waals surface area contributed by atoms with E-state index in [1.165, 1.54) is 16.0 Å². The first kappa shape index (κ1) is 17.9. The predicted octanol–water partition coefficient (Wildman–Crippen LogP) is 2.85. The fraction of sp³-hybridized carbons (Fsp3) is 0.333. The van der Waals surface area contributed by atoms with Crippen molar-refractivity contribution in [3.05, 3.63) is 59.7 Å². The molecule has 0 aliphatic carbocycles. The van der Waals surface area contributed by atoms with Gasteiger partial charge in [-0.25, -0.2) is 0 Å². The van der Waals surface area contributed by atoms with E-state index in [9.17, 15) is 0 Å². The summed E-state index contributed by atoms with van der Waals surface area (Å²) >= 11 is -0.707. The summed E-state index contributed by atoms with van der Waals surface area (Å²) < 4.78 is 1.65. The molecule has 0 aromatic heterocycles. The van der Waals surface area contributed by atoms with Gasteiger partial charge in [0.2, 0.25) is 0 Å². The Bertz CT molecular complexity index is 557. The molecular weight excluding hydrogens is 395 g/mol. The molecule has 0 fully saturated rings. The van der Waals surface area contributed by atoms with E-state index >= 15 is 0 Å². The van der Waals surface area contributed by atoms with Crippen molar-refractivity contribution >= 4 is 32.3 Å². The van der Waals surface area contributed by atoms with Crippen LogP contribution in [0.15, 0.2) is 53.4 Å². The van der Waals surface area contributed by atoms with Crippen LogP contribution in [0.4, 0.5) is 0 Å². The van der Waals surface area contributed by atoms with Crippen LogP contribution in [0.1, 0.15) is 11.1 Å². The molecule has 0 saturated heterocycles. The molecule has 22 heavy (non-hydrogen) atoms. The van der Waals surface area contributed by atoms with Crippen LogP contribution in [0.5, 0.6) is 0 Å². The molecule has 0 heterocycles. The van der Waals surface area contributed by atoms with Crippen LogP contribution in [0.3, 0.4) is 0 Å². The molecule has 0 spiro atoms. The van der Waals surface area contributed by atoms with Crippen molar-refractivity contribution in [2.24, 2.45) is 0 Å². The Morgan fingerprint density at radius 1 is 0.773 bits per heavy atom. The molecule has 0 N–H and O–H groups in total. The van der Waals surface area contributed by atoms with Gasteiger partial charge in [-0.05, 0) is 0 Å². The molecule has 2 rings (SSSR count). The third kappa shape index (κ3) is 5.61. The van der Waals surface area contributed by atoms with Gasteiger partial charge in [-0.1, -0.05) is 0 Å². The van der Waals surface area contributed by atoms with Crippen LogP contribution < -0.4 is 3.58 Å². The molecule has 2 aromatic rings. The predicted molar refractivity (Wildman–Crippen MR) is 98.9 cm³/mol. The Hall–Kier alpha value is -0.491. The second-order valence-corrected chi connectivity index (χ2v) is 11.7. The molecule has 4 heteroatoms. The second kappa shape index (κ2) is 8.96. The fourth-order valence-electron chi connectivity index (χ4n) is 2.33. The average Bonchev–Trinajstić information content (AvgIpc) is 2.46. The zero-order chi connectivity index (χ0) is 15.9. The summed E-state index contributed by atoms with van der Waals surface area (Å²) in [5, 5.41) is 0. The quantitative estimate of drug-likeness (QED) is 0.638. The number of hydrogen-bond donors (Lipinski definition) is 0. The Balaban J connectivity index is 2.24. The summed E-state index contributed by atoms with van der Waals surface area (Å²) in [5.41, 5.74) is 3.03. The van der Waals surface area contributed by atoms with Crippen LogP contribution >= 0.6 is 8.95 Å². The first-order valence-electron chi connectivity index (χ1n) is 7.44. The Kier molecular flexibility index (Phi) is 7.28. The van der Waals surface area contributed by atoms with Crippen molar-refractivity contribution in [1.82, 2.24) is 9.80 Å². The average molecular weight is 419 g/mol. The van der Waals surface area contributed by atoms with Gasteiger partial charge in [0, 0.05) is 0 Å². The van der Waals surface area contributed by atoms with Gasteiger partial charge in [0.25, 0.3) is 0 Å². The van der Waals surface area contributed by atoms with E-state index in [-0.39, 0.29) is 0 Å². The Morgan fingerprint density at radius 3 is 1.82 bits per heavy atom. The van der Waals surface area contributed by atoms with Crippen molar-refractivity contribution in [2.75, 3.05) is 28.2 Å². The van der Waals surface area contributed by atoms with Crippen LogP contribution in [0, 0.1) is 0 Å². The zero-order valence-electron chi connectivity index (χ0n) is 13.8. The summed E-state index contributed by atoms with van der Waals surface area (Å²) in [6, 6.07) is 17.6. The summed E-state index contributed by atoms with van der Waals surface area (Å²) in [4.78, 5) is 5.94. The summed E-state index contributed by atoms with van der Waals surface area (Å²) in [7, 11) is 10.7. The van der Waals surface area contributed by atoms with Gasteiger partial charge in [0.15, 0.2) is 0 Å². The second-order valence-electron chi connectivity index (χ2n) is 5.94.